The maximum atomic E-state index is 9.80. The second-order valence-electron chi connectivity index (χ2n) is 7.68. The molecule has 0 aromatic heterocycles. The summed E-state index contributed by atoms with van der Waals surface area (Å²) in [7, 11) is 3.20. The van der Waals surface area contributed by atoms with Crippen LogP contribution in [0.5, 0.6) is 17.2 Å². The first-order chi connectivity index (χ1) is 16.6. The first-order valence-electron chi connectivity index (χ1n) is 10.9. The Hall–Kier alpha value is -4.44. The van der Waals surface area contributed by atoms with Gasteiger partial charge in [0.2, 0.25) is 0 Å². The van der Waals surface area contributed by atoms with E-state index >= 15 is 0 Å². The van der Waals surface area contributed by atoms with Crippen LogP contribution in [0.25, 0.3) is 0 Å². The number of hydrogen-bond donors (Lipinski definition) is 1. The molecule has 0 spiro atoms. The largest absolute Gasteiger partial charge is 0.493 e. The molecule has 2 unspecified atom stereocenters. The van der Waals surface area contributed by atoms with Gasteiger partial charge in [-0.3, -0.25) is 10.4 Å². The summed E-state index contributed by atoms with van der Waals surface area (Å²) in [6, 6.07) is 23.3. The van der Waals surface area contributed by atoms with Crippen LogP contribution in [0.3, 0.4) is 0 Å². The number of methoxy groups -OCH3 is 2. The van der Waals surface area contributed by atoms with Crippen LogP contribution in [0.1, 0.15) is 35.8 Å². The zero-order valence-corrected chi connectivity index (χ0v) is 19.3. The zero-order chi connectivity index (χ0) is 23.9. The third kappa shape index (κ3) is 4.97. The highest BCUT2D eigenvalue weighted by Gasteiger charge is 2.21. The van der Waals surface area contributed by atoms with Crippen molar-refractivity contribution >= 4 is 12.0 Å². The molecule has 2 atom stereocenters. The lowest BCUT2D eigenvalue weighted by Crippen LogP contribution is -2.33. The van der Waals surface area contributed by atoms with Gasteiger partial charge in [0, 0.05) is 12.3 Å². The van der Waals surface area contributed by atoms with Gasteiger partial charge in [-0.1, -0.05) is 36.4 Å². The molecule has 3 aromatic rings. The second-order valence-corrected chi connectivity index (χ2v) is 7.68. The minimum absolute atomic E-state index is 0.177. The quantitative estimate of drug-likeness (QED) is 0.474. The van der Waals surface area contributed by atoms with Crippen molar-refractivity contribution in [1.29, 1.82) is 5.26 Å². The van der Waals surface area contributed by atoms with Gasteiger partial charge in [-0.2, -0.15) is 5.26 Å². The van der Waals surface area contributed by atoms with Crippen molar-refractivity contribution in [2.75, 3.05) is 19.6 Å². The molecule has 0 fully saturated rings. The highest BCUT2D eigenvalue weighted by molar-refractivity contribution is 5.64. The van der Waals surface area contributed by atoms with Crippen molar-refractivity contribution in [3.8, 4) is 23.3 Å². The van der Waals surface area contributed by atoms with Crippen molar-refractivity contribution in [3.05, 3.63) is 95.7 Å². The molecule has 1 heterocycles. The van der Waals surface area contributed by atoms with Gasteiger partial charge in [-0.15, -0.1) is 0 Å². The van der Waals surface area contributed by atoms with Gasteiger partial charge in [-0.25, -0.2) is 4.99 Å². The number of nitrogens with zero attached hydrogens (tertiary/aromatic N) is 3. The molecule has 1 aliphatic heterocycles. The van der Waals surface area contributed by atoms with Gasteiger partial charge >= 0.3 is 0 Å². The van der Waals surface area contributed by atoms with E-state index in [-0.39, 0.29) is 12.1 Å². The monoisotopic (exact) mass is 454 g/mol. The molecule has 7 heteroatoms. The predicted molar refractivity (Wildman–Crippen MR) is 132 cm³/mol. The number of hydrogen-bond acceptors (Lipinski definition) is 7. The number of nitrogens with one attached hydrogen (secondary N) is 1. The standard InChI is InChI=1S/C27H26N4O3/c1-19(20-7-5-4-6-8-20)34-25-11-9-21(15-22(25)17-28)24-13-14-29-18-31(24)30-23-10-12-26(32-2)27(16-23)33-3/h4-16,18-19,24,30H,1-3H3. The molecule has 0 bridgehead atoms. The number of anilines is 1. The summed E-state index contributed by atoms with van der Waals surface area (Å²) in [5.74, 6) is 1.82. The molecule has 3 aromatic carbocycles. The van der Waals surface area contributed by atoms with E-state index in [1.807, 2.05) is 84.7 Å². The maximum absolute atomic E-state index is 9.80. The average Bonchev–Trinajstić information content (AvgIpc) is 2.89. The van der Waals surface area contributed by atoms with Crippen molar-refractivity contribution in [2.45, 2.75) is 19.1 Å². The molecule has 0 aliphatic carbocycles. The molecular formula is C27H26N4O3. The maximum Gasteiger partial charge on any atom is 0.162 e. The van der Waals surface area contributed by atoms with Crippen molar-refractivity contribution in [2.24, 2.45) is 4.99 Å². The number of ether oxygens (including phenoxy) is 3. The summed E-state index contributed by atoms with van der Waals surface area (Å²) < 4.78 is 16.8. The fourth-order valence-corrected chi connectivity index (χ4v) is 3.74. The van der Waals surface area contributed by atoms with Crippen LogP contribution < -0.4 is 19.6 Å². The van der Waals surface area contributed by atoms with Crippen LogP contribution in [-0.4, -0.2) is 25.6 Å². The molecule has 1 N–H and O–H groups in total. The summed E-state index contributed by atoms with van der Waals surface area (Å²) in [4.78, 5) is 4.25. The van der Waals surface area contributed by atoms with Crippen LogP contribution >= 0.6 is 0 Å². The van der Waals surface area contributed by atoms with Gasteiger partial charge in [0.1, 0.15) is 24.3 Å². The SMILES string of the molecule is COc1ccc(NN2C=NC=CC2c2ccc(OC(C)c3ccccc3)c(C#N)c2)cc1OC. The van der Waals surface area contributed by atoms with E-state index in [1.165, 1.54) is 0 Å². The Kier molecular flexibility index (Phi) is 6.99. The Morgan fingerprint density at radius 2 is 1.74 bits per heavy atom. The molecule has 0 radical (unpaired) electrons. The first kappa shape index (κ1) is 22.7. The lowest BCUT2D eigenvalue weighted by molar-refractivity contribution is 0.226. The highest BCUT2D eigenvalue weighted by atomic mass is 16.5. The minimum Gasteiger partial charge on any atom is -0.493 e. The molecule has 0 amide bonds. The van der Waals surface area contributed by atoms with Gasteiger partial charge < -0.3 is 14.2 Å². The van der Waals surface area contributed by atoms with Crippen LogP contribution in [0.15, 0.2) is 84.0 Å². The number of aliphatic imine (C=N–C) groups is 1. The summed E-state index contributed by atoms with van der Waals surface area (Å²) in [5, 5.41) is 11.7. The van der Waals surface area contributed by atoms with Crippen LogP contribution in [0.2, 0.25) is 0 Å². The summed E-state index contributed by atoms with van der Waals surface area (Å²) in [5.41, 5.74) is 6.60. The molecule has 0 saturated carbocycles. The van der Waals surface area contributed by atoms with E-state index in [2.05, 4.69) is 16.5 Å². The molecule has 7 nitrogen and oxygen atoms in total. The van der Waals surface area contributed by atoms with E-state index in [9.17, 15) is 5.26 Å². The lowest BCUT2D eigenvalue weighted by atomic mass is 10.0. The Morgan fingerprint density at radius 3 is 2.47 bits per heavy atom. The minimum atomic E-state index is -0.182. The average molecular weight is 455 g/mol. The Bertz CT molecular complexity index is 1230. The fourth-order valence-electron chi connectivity index (χ4n) is 3.74. The zero-order valence-electron chi connectivity index (χ0n) is 19.3. The molecule has 34 heavy (non-hydrogen) atoms. The number of benzene rings is 3. The van der Waals surface area contributed by atoms with Crippen molar-refractivity contribution in [1.82, 2.24) is 5.01 Å². The Labute approximate surface area is 199 Å². The topological polar surface area (TPSA) is 79.1 Å². The third-order valence-corrected chi connectivity index (χ3v) is 5.53. The second kappa shape index (κ2) is 10.5. The molecular weight excluding hydrogens is 428 g/mol. The van der Waals surface area contributed by atoms with E-state index in [0.717, 1.165) is 16.8 Å². The van der Waals surface area contributed by atoms with E-state index < -0.39 is 0 Å². The van der Waals surface area contributed by atoms with Gasteiger partial charge in [0.15, 0.2) is 11.5 Å². The highest BCUT2D eigenvalue weighted by Crippen LogP contribution is 2.33. The summed E-state index contributed by atoms with van der Waals surface area (Å²) in [6.45, 7) is 1.97. The van der Waals surface area contributed by atoms with Crippen molar-refractivity contribution < 1.29 is 14.2 Å². The van der Waals surface area contributed by atoms with E-state index in [4.69, 9.17) is 14.2 Å². The van der Waals surface area contributed by atoms with Crippen molar-refractivity contribution in [3.63, 3.8) is 0 Å². The van der Waals surface area contributed by atoms with E-state index in [0.29, 0.717) is 22.8 Å². The van der Waals surface area contributed by atoms with Gasteiger partial charge in [-0.05, 0) is 48.4 Å². The number of hydrazine groups is 1. The summed E-state index contributed by atoms with van der Waals surface area (Å²) in [6.07, 6.45) is 5.22. The smallest absolute Gasteiger partial charge is 0.162 e. The predicted octanol–water partition coefficient (Wildman–Crippen LogP) is 5.64. The lowest BCUT2D eigenvalue weighted by Gasteiger charge is -2.31. The normalized spacial score (nSPS) is 15.4. The van der Waals surface area contributed by atoms with Gasteiger partial charge in [0.05, 0.1) is 31.5 Å². The molecule has 1 aliphatic rings. The Morgan fingerprint density at radius 1 is 0.971 bits per heavy atom. The van der Waals surface area contributed by atoms with Crippen LogP contribution in [-0.2, 0) is 0 Å². The number of rotatable bonds is 8. The number of nitriles is 1. The molecule has 0 saturated heterocycles. The fraction of sp³-hybridized carbons (Fsp3) is 0.185. The van der Waals surface area contributed by atoms with E-state index in [1.54, 1.807) is 26.8 Å². The van der Waals surface area contributed by atoms with Crippen LogP contribution in [0.4, 0.5) is 5.69 Å². The van der Waals surface area contributed by atoms with Crippen LogP contribution in [0, 0.1) is 11.3 Å². The molecule has 4 rings (SSSR count). The van der Waals surface area contributed by atoms with Gasteiger partial charge in [0.25, 0.3) is 0 Å². The first-order valence-corrected chi connectivity index (χ1v) is 10.9. The Balaban J connectivity index is 1.56. The summed E-state index contributed by atoms with van der Waals surface area (Å²) >= 11 is 0. The molecule has 172 valence electrons. The third-order valence-electron chi connectivity index (χ3n) is 5.53.